The quantitative estimate of drug-likeness (QED) is 0.701. The average Bonchev–Trinajstić information content (AvgIpc) is 3.21. The van der Waals surface area contributed by atoms with Crippen molar-refractivity contribution in [2.45, 2.75) is 24.7 Å². The fourth-order valence-corrected chi connectivity index (χ4v) is 3.29. The van der Waals surface area contributed by atoms with Crippen molar-refractivity contribution in [3.63, 3.8) is 0 Å². The lowest BCUT2D eigenvalue weighted by atomic mass is 10.2. The summed E-state index contributed by atoms with van der Waals surface area (Å²) in [7, 11) is -1.84. The smallest absolute Gasteiger partial charge is 0.242 e. The highest BCUT2D eigenvalue weighted by atomic mass is 79.9. The van der Waals surface area contributed by atoms with Gasteiger partial charge in [-0.15, -0.1) is 0 Å². The Kier molecular flexibility index (Phi) is 5.23. The summed E-state index contributed by atoms with van der Waals surface area (Å²) in [6, 6.07) is 5.06. The van der Waals surface area contributed by atoms with Crippen LogP contribution in [0.5, 0.6) is 0 Å². The van der Waals surface area contributed by atoms with Gasteiger partial charge in [-0.2, -0.15) is 4.31 Å². The van der Waals surface area contributed by atoms with Crippen LogP contribution in [-0.4, -0.2) is 39.5 Å². The van der Waals surface area contributed by atoms with E-state index in [9.17, 15) is 8.42 Å². The number of halogens is 1. The number of benzene rings is 1. The Hall–Kier alpha value is -0.430. The Balaban J connectivity index is 1.94. The summed E-state index contributed by atoms with van der Waals surface area (Å²) in [6.07, 6.45) is 2.48. The summed E-state index contributed by atoms with van der Waals surface area (Å²) in [4.78, 5) is 0.322. The monoisotopic (exact) mass is 361 g/mol. The molecular formula is C14H20BrNO3S. The van der Waals surface area contributed by atoms with E-state index in [2.05, 4.69) is 15.9 Å². The van der Waals surface area contributed by atoms with Gasteiger partial charge in [0.25, 0.3) is 0 Å². The molecule has 0 spiro atoms. The van der Waals surface area contributed by atoms with Crippen LogP contribution in [0.1, 0.15) is 18.4 Å². The first-order valence-corrected chi connectivity index (χ1v) is 8.95. The Morgan fingerprint density at radius 3 is 2.70 bits per heavy atom. The van der Waals surface area contributed by atoms with Gasteiger partial charge in [0, 0.05) is 24.7 Å². The zero-order valence-corrected chi connectivity index (χ0v) is 14.2. The molecule has 0 N–H and O–H groups in total. The number of rotatable bonds is 7. The maximum atomic E-state index is 12.4. The number of sulfonamides is 1. The fourth-order valence-electron chi connectivity index (χ4n) is 1.81. The second-order valence-corrected chi connectivity index (χ2v) is 8.16. The number of nitrogens with zero attached hydrogens (tertiary/aromatic N) is 1. The van der Waals surface area contributed by atoms with Crippen LogP contribution in [0.3, 0.4) is 0 Å². The summed E-state index contributed by atoms with van der Waals surface area (Å²) in [5.41, 5.74) is 0.907. The average molecular weight is 362 g/mol. The molecule has 0 bridgehead atoms. The molecule has 0 aromatic heterocycles. The molecule has 0 saturated heterocycles. The zero-order chi connectivity index (χ0) is 14.8. The maximum Gasteiger partial charge on any atom is 0.242 e. The molecule has 0 unspecified atom stereocenters. The highest BCUT2D eigenvalue weighted by Crippen LogP contribution is 2.28. The highest BCUT2D eigenvalue weighted by Gasteiger charge is 2.23. The van der Waals surface area contributed by atoms with Crippen molar-refractivity contribution < 1.29 is 13.2 Å². The van der Waals surface area contributed by atoms with Crippen LogP contribution in [0, 0.1) is 12.8 Å². The summed E-state index contributed by atoms with van der Waals surface area (Å²) < 4.78 is 32.5. The van der Waals surface area contributed by atoms with E-state index in [-0.39, 0.29) is 0 Å². The molecule has 0 amide bonds. The fraction of sp³-hybridized carbons (Fsp3) is 0.571. The van der Waals surface area contributed by atoms with Crippen molar-refractivity contribution in [1.29, 1.82) is 0 Å². The van der Waals surface area contributed by atoms with Crippen LogP contribution in [0.25, 0.3) is 0 Å². The van der Waals surface area contributed by atoms with Crippen LogP contribution >= 0.6 is 15.9 Å². The Bertz CT molecular complexity index is 570. The topological polar surface area (TPSA) is 46.6 Å². The molecular weight excluding hydrogens is 342 g/mol. The Morgan fingerprint density at radius 2 is 2.10 bits per heavy atom. The summed E-state index contributed by atoms with van der Waals surface area (Å²) in [5.74, 6) is 0.700. The van der Waals surface area contributed by atoms with Gasteiger partial charge in [-0.25, -0.2) is 8.42 Å². The molecule has 112 valence electrons. The van der Waals surface area contributed by atoms with Crippen molar-refractivity contribution in [2.75, 3.05) is 26.8 Å². The molecule has 20 heavy (non-hydrogen) atoms. The molecule has 4 nitrogen and oxygen atoms in total. The summed E-state index contributed by atoms with van der Waals surface area (Å²) in [6.45, 7) is 3.46. The van der Waals surface area contributed by atoms with E-state index in [1.54, 1.807) is 25.2 Å². The standard InChI is InChI=1S/C14H20BrNO3S/c1-11-9-13(5-6-14(11)15)20(17,18)16(2)7-8-19-10-12-3-4-12/h5-6,9,12H,3-4,7-8,10H2,1-2H3. The number of ether oxygens (including phenoxy) is 1. The molecule has 0 heterocycles. The maximum absolute atomic E-state index is 12.4. The summed E-state index contributed by atoms with van der Waals surface area (Å²) >= 11 is 3.38. The van der Waals surface area contributed by atoms with Crippen LogP contribution < -0.4 is 0 Å². The van der Waals surface area contributed by atoms with E-state index >= 15 is 0 Å². The molecule has 0 atom stereocenters. The van der Waals surface area contributed by atoms with Gasteiger partial charge >= 0.3 is 0 Å². The molecule has 1 aliphatic carbocycles. The van der Waals surface area contributed by atoms with Crippen LogP contribution in [0.4, 0.5) is 0 Å². The second kappa shape index (κ2) is 6.56. The predicted molar refractivity (Wildman–Crippen MR) is 82.2 cm³/mol. The van der Waals surface area contributed by atoms with E-state index in [1.807, 2.05) is 6.92 Å². The predicted octanol–water partition coefficient (Wildman–Crippen LogP) is 2.80. The van der Waals surface area contributed by atoms with Gasteiger partial charge in [0.2, 0.25) is 10.0 Å². The molecule has 1 aromatic rings. The van der Waals surface area contributed by atoms with Crippen LogP contribution in [0.15, 0.2) is 27.6 Å². The van der Waals surface area contributed by atoms with E-state index in [0.717, 1.165) is 16.6 Å². The van der Waals surface area contributed by atoms with Crippen molar-refractivity contribution >= 4 is 26.0 Å². The molecule has 1 aliphatic rings. The molecule has 0 radical (unpaired) electrons. The van der Waals surface area contributed by atoms with Crippen LogP contribution in [0.2, 0.25) is 0 Å². The summed E-state index contributed by atoms with van der Waals surface area (Å²) in [5, 5.41) is 0. The molecule has 6 heteroatoms. The molecule has 1 aromatic carbocycles. The van der Waals surface area contributed by atoms with Crippen molar-refractivity contribution in [1.82, 2.24) is 4.31 Å². The third-order valence-corrected chi connectivity index (χ3v) is 6.18. The minimum absolute atomic E-state index is 0.322. The third-order valence-electron chi connectivity index (χ3n) is 3.44. The Morgan fingerprint density at radius 1 is 1.40 bits per heavy atom. The van der Waals surface area contributed by atoms with Gasteiger partial charge in [0.15, 0.2) is 0 Å². The van der Waals surface area contributed by atoms with Crippen molar-refractivity contribution in [2.24, 2.45) is 5.92 Å². The number of hydrogen-bond acceptors (Lipinski definition) is 3. The van der Waals surface area contributed by atoms with Crippen LogP contribution in [-0.2, 0) is 14.8 Å². The number of hydrogen-bond donors (Lipinski definition) is 0. The van der Waals surface area contributed by atoms with E-state index in [4.69, 9.17) is 4.74 Å². The van der Waals surface area contributed by atoms with Gasteiger partial charge in [0.1, 0.15) is 0 Å². The third kappa shape index (κ3) is 4.04. The lowest BCUT2D eigenvalue weighted by Gasteiger charge is -2.17. The van der Waals surface area contributed by atoms with Crippen molar-refractivity contribution in [3.05, 3.63) is 28.2 Å². The van der Waals surface area contributed by atoms with Gasteiger partial charge in [-0.3, -0.25) is 0 Å². The van der Waals surface area contributed by atoms with E-state index in [1.165, 1.54) is 17.1 Å². The van der Waals surface area contributed by atoms with Gasteiger partial charge < -0.3 is 4.74 Å². The first kappa shape index (κ1) is 15.9. The first-order chi connectivity index (χ1) is 9.41. The Labute approximate surface area is 129 Å². The van der Waals surface area contributed by atoms with Gasteiger partial charge in [-0.1, -0.05) is 15.9 Å². The molecule has 0 aliphatic heterocycles. The molecule has 1 fully saturated rings. The lowest BCUT2D eigenvalue weighted by Crippen LogP contribution is -2.30. The normalized spacial score (nSPS) is 15.8. The van der Waals surface area contributed by atoms with Gasteiger partial charge in [-0.05, 0) is 49.4 Å². The van der Waals surface area contributed by atoms with E-state index in [0.29, 0.717) is 24.0 Å². The minimum Gasteiger partial charge on any atom is -0.380 e. The SMILES string of the molecule is Cc1cc(S(=O)(=O)N(C)CCOCC2CC2)ccc1Br. The molecule has 1 saturated carbocycles. The second-order valence-electron chi connectivity index (χ2n) is 5.26. The number of likely N-dealkylation sites (N-methyl/N-ethyl adjacent to an activating group) is 1. The first-order valence-electron chi connectivity index (χ1n) is 6.71. The molecule has 2 rings (SSSR count). The lowest BCUT2D eigenvalue weighted by molar-refractivity contribution is 0.117. The minimum atomic E-state index is -3.43. The van der Waals surface area contributed by atoms with E-state index < -0.39 is 10.0 Å². The largest absolute Gasteiger partial charge is 0.380 e. The van der Waals surface area contributed by atoms with Crippen molar-refractivity contribution in [3.8, 4) is 0 Å². The number of aryl methyl sites for hydroxylation is 1. The van der Waals surface area contributed by atoms with Gasteiger partial charge in [0.05, 0.1) is 11.5 Å². The zero-order valence-electron chi connectivity index (χ0n) is 11.8. The highest BCUT2D eigenvalue weighted by molar-refractivity contribution is 9.10.